The smallest absolute Gasteiger partial charge is 0.323 e. The number of para-hydroxylation sites is 1. The van der Waals surface area contributed by atoms with Crippen LogP contribution in [0.4, 0.5) is 5.69 Å². The first kappa shape index (κ1) is 16.9. The van der Waals surface area contributed by atoms with Crippen LogP contribution in [0.5, 0.6) is 11.5 Å². The number of hydrogen-bond acceptors (Lipinski definition) is 5. The van der Waals surface area contributed by atoms with Crippen molar-refractivity contribution in [3.63, 3.8) is 0 Å². The molecule has 2 heterocycles. The van der Waals surface area contributed by atoms with Crippen LogP contribution < -0.4 is 14.4 Å². The standard InChI is InChI=1S/C19H16N2O6/c1-26-13-8-7-11-15(16(13)27-2)19(25)21-12-6-4-3-5-10(12)18(24)20(17(11)21)9-14(22)23/h3-8,17H,9H2,1-2H3,(H,22,23). The van der Waals surface area contributed by atoms with Gasteiger partial charge in [0.1, 0.15) is 12.7 Å². The van der Waals surface area contributed by atoms with E-state index in [0.29, 0.717) is 17.0 Å². The summed E-state index contributed by atoms with van der Waals surface area (Å²) >= 11 is 0. The predicted octanol–water partition coefficient (Wildman–Crippen LogP) is 1.90. The normalized spacial score (nSPS) is 17.3. The lowest BCUT2D eigenvalue weighted by Crippen LogP contribution is -2.49. The molecular formula is C19H16N2O6. The van der Waals surface area contributed by atoms with Crippen molar-refractivity contribution < 1.29 is 29.0 Å². The van der Waals surface area contributed by atoms with Crippen molar-refractivity contribution in [2.24, 2.45) is 0 Å². The maximum Gasteiger partial charge on any atom is 0.323 e. The molecule has 2 aromatic carbocycles. The lowest BCUT2D eigenvalue weighted by Gasteiger charge is -2.40. The molecule has 0 bridgehead atoms. The minimum Gasteiger partial charge on any atom is -0.493 e. The molecule has 0 spiro atoms. The van der Waals surface area contributed by atoms with Gasteiger partial charge in [-0.25, -0.2) is 0 Å². The van der Waals surface area contributed by atoms with Crippen LogP contribution in [0.2, 0.25) is 0 Å². The summed E-state index contributed by atoms with van der Waals surface area (Å²) in [6.07, 6.45) is -0.856. The fourth-order valence-corrected chi connectivity index (χ4v) is 3.73. The van der Waals surface area contributed by atoms with Gasteiger partial charge in [0.15, 0.2) is 11.5 Å². The second-order valence-corrected chi connectivity index (χ2v) is 6.16. The van der Waals surface area contributed by atoms with Crippen molar-refractivity contribution in [2.75, 3.05) is 25.7 Å². The third-order valence-corrected chi connectivity index (χ3v) is 4.79. The second kappa shape index (κ2) is 6.01. The van der Waals surface area contributed by atoms with E-state index in [9.17, 15) is 19.5 Å². The highest BCUT2D eigenvalue weighted by atomic mass is 16.5. The Morgan fingerprint density at radius 3 is 2.48 bits per heavy atom. The summed E-state index contributed by atoms with van der Waals surface area (Å²) in [5.74, 6) is -1.33. The molecule has 0 fully saturated rings. The number of anilines is 1. The first-order valence-electron chi connectivity index (χ1n) is 8.19. The molecule has 8 heteroatoms. The number of rotatable bonds is 4. The van der Waals surface area contributed by atoms with Crippen LogP contribution in [0, 0.1) is 0 Å². The van der Waals surface area contributed by atoms with E-state index in [2.05, 4.69) is 0 Å². The summed E-state index contributed by atoms with van der Waals surface area (Å²) in [7, 11) is 2.89. The summed E-state index contributed by atoms with van der Waals surface area (Å²) < 4.78 is 10.7. The maximum absolute atomic E-state index is 13.3. The largest absolute Gasteiger partial charge is 0.493 e. The molecule has 0 radical (unpaired) electrons. The summed E-state index contributed by atoms with van der Waals surface area (Å²) in [5.41, 5.74) is 1.49. The van der Waals surface area contributed by atoms with Gasteiger partial charge in [-0.15, -0.1) is 0 Å². The predicted molar refractivity (Wildman–Crippen MR) is 94.2 cm³/mol. The molecular weight excluding hydrogens is 352 g/mol. The zero-order valence-electron chi connectivity index (χ0n) is 14.6. The number of carbonyl (C=O) groups excluding carboxylic acids is 2. The molecule has 2 aliphatic rings. The molecule has 2 amide bonds. The average molecular weight is 368 g/mol. The van der Waals surface area contributed by atoms with Crippen molar-refractivity contribution in [3.05, 3.63) is 53.1 Å². The van der Waals surface area contributed by atoms with Gasteiger partial charge in [0.25, 0.3) is 11.8 Å². The SMILES string of the molecule is COc1ccc2c(c1OC)C(=O)N1c3ccccc3C(=O)N(CC(=O)O)C21. The average Bonchev–Trinajstić information content (AvgIpc) is 2.97. The molecule has 0 aromatic heterocycles. The van der Waals surface area contributed by atoms with Crippen molar-refractivity contribution in [3.8, 4) is 11.5 Å². The summed E-state index contributed by atoms with van der Waals surface area (Å²) in [5, 5.41) is 9.31. The van der Waals surface area contributed by atoms with Gasteiger partial charge in [0.2, 0.25) is 0 Å². The van der Waals surface area contributed by atoms with Crippen molar-refractivity contribution in [1.29, 1.82) is 0 Å². The van der Waals surface area contributed by atoms with E-state index in [4.69, 9.17) is 9.47 Å². The Balaban J connectivity index is 1.99. The van der Waals surface area contributed by atoms with Crippen LogP contribution in [-0.4, -0.2) is 48.6 Å². The van der Waals surface area contributed by atoms with E-state index in [-0.39, 0.29) is 22.8 Å². The van der Waals surface area contributed by atoms with E-state index < -0.39 is 24.6 Å². The first-order valence-corrected chi connectivity index (χ1v) is 8.19. The minimum absolute atomic E-state index is 0.259. The Morgan fingerprint density at radius 1 is 1.07 bits per heavy atom. The fourth-order valence-electron chi connectivity index (χ4n) is 3.73. The third kappa shape index (κ3) is 2.26. The summed E-state index contributed by atoms with van der Waals surface area (Å²) in [6.45, 7) is -0.532. The Kier molecular flexibility index (Phi) is 3.76. The number of aliphatic carboxylic acids is 1. The van der Waals surface area contributed by atoms with E-state index in [1.807, 2.05) is 0 Å². The molecule has 2 aliphatic heterocycles. The van der Waals surface area contributed by atoms with Crippen LogP contribution in [0.1, 0.15) is 32.4 Å². The number of nitrogens with zero attached hydrogens (tertiary/aromatic N) is 2. The monoisotopic (exact) mass is 368 g/mol. The summed E-state index contributed by atoms with van der Waals surface area (Å²) in [4.78, 5) is 40.2. The van der Waals surface area contributed by atoms with E-state index in [1.165, 1.54) is 24.0 Å². The Bertz CT molecular complexity index is 986. The van der Waals surface area contributed by atoms with Gasteiger partial charge in [-0.05, 0) is 18.2 Å². The first-order chi connectivity index (χ1) is 13.0. The highest BCUT2D eigenvalue weighted by Crippen LogP contribution is 2.49. The summed E-state index contributed by atoms with van der Waals surface area (Å²) in [6, 6.07) is 9.95. The van der Waals surface area contributed by atoms with Crippen LogP contribution in [-0.2, 0) is 4.79 Å². The lowest BCUT2D eigenvalue weighted by molar-refractivity contribution is -0.138. The van der Waals surface area contributed by atoms with Crippen molar-refractivity contribution in [1.82, 2.24) is 4.90 Å². The Morgan fingerprint density at radius 2 is 1.81 bits per heavy atom. The van der Waals surface area contributed by atoms with Crippen LogP contribution in [0.25, 0.3) is 0 Å². The van der Waals surface area contributed by atoms with Crippen LogP contribution in [0.15, 0.2) is 36.4 Å². The lowest BCUT2D eigenvalue weighted by atomic mass is 10.0. The number of methoxy groups -OCH3 is 2. The zero-order chi connectivity index (χ0) is 19.3. The molecule has 138 valence electrons. The Hall–Kier alpha value is -3.55. The number of hydrogen-bond donors (Lipinski definition) is 1. The maximum atomic E-state index is 13.3. The van der Waals surface area contributed by atoms with E-state index >= 15 is 0 Å². The molecule has 8 nitrogen and oxygen atoms in total. The van der Waals surface area contributed by atoms with Gasteiger partial charge in [-0.1, -0.05) is 18.2 Å². The second-order valence-electron chi connectivity index (χ2n) is 6.16. The van der Waals surface area contributed by atoms with Gasteiger partial charge in [0, 0.05) is 5.56 Å². The van der Waals surface area contributed by atoms with Gasteiger partial charge in [-0.3, -0.25) is 19.3 Å². The molecule has 1 atom stereocenters. The Labute approximate surface area is 154 Å². The number of fused-ring (bicyclic) bond motifs is 5. The van der Waals surface area contributed by atoms with Crippen LogP contribution >= 0.6 is 0 Å². The number of carboxylic acids is 1. The molecule has 1 N–H and O–H groups in total. The van der Waals surface area contributed by atoms with Gasteiger partial charge in [0.05, 0.1) is 31.0 Å². The molecule has 2 aromatic rings. The number of ether oxygens (including phenoxy) is 2. The zero-order valence-corrected chi connectivity index (χ0v) is 14.6. The number of carboxylic acid groups (broad SMARTS) is 1. The molecule has 1 unspecified atom stereocenters. The molecule has 0 saturated carbocycles. The highest BCUT2D eigenvalue weighted by molar-refractivity contribution is 6.18. The highest BCUT2D eigenvalue weighted by Gasteiger charge is 2.50. The molecule has 0 saturated heterocycles. The molecule has 4 rings (SSSR count). The van der Waals surface area contributed by atoms with Crippen molar-refractivity contribution in [2.45, 2.75) is 6.17 Å². The molecule has 27 heavy (non-hydrogen) atoms. The fraction of sp³-hybridized carbons (Fsp3) is 0.211. The number of amides is 2. The quantitative estimate of drug-likeness (QED) is 0.885. The number of benzene rings is 2. The number of carbonyl (C=O) groups is 3. The van der Waals surface area contributed by atoms with E-state index in [0.717, 1.165) is 0 Å². The van der Waals surface area contributed by atoms with Gasteiger partial charge in [-0.2, -0.15) is 0 Å². The van der Waals surface area contributed by atoms with E-state index in [1.54, 1.807) is 36.4 Å². The third-order valence-electron chi connectivity index (χ3n) is 4.79. The molecule has 0 aliphatic carbocycles. The van der Waals surface area contributed by atoms with Crippen LogP contribution in [0.3, 0.4) is 0 Å². The van der Waals surface area contributed by atoms with Gasteiger partial charge >= 0.3 is 5.97 Å². The minimum atomic E-state index is -1.16. The topological polar surface area (TPSA) is 96.4 Å². The van der Waals surface area contributed by atoms with Gasteiger partial charge < -0.3 is 19.5 Å². The van der Waals surface area contributed by atoms with Crippen molar-refractivity contribution >= 4 is 23.5 Å².